The number of nitrogens with zero attached hydrogens (tertiary/aromatic N) is 1. The molecule has 0 saturated heterocycles. The van der Waals surface area contributed by atoms with Gasteiger partial charge in [0, 0.05) is 22.7 Å². The third-order valence-electron chi connectivity index (χ3n) is 12.2. The van der Waals surface area contributed by atoms with Crippen molar-refractivity contribution in [3.05, 3.63) is 71.0 Å². The largest absolute Gasteiger partial charge is 0.261 e. The molecule has 0 spiro atoms. The highest BCUT2D eigenvalue weighted by molar-refractivity contribution is 5.81. The molecule has 0 N–H and O–H groups in total. The first-order chi connectivity index (χ1) is 20.1. The fourth-order valence-electron chi connectivity index (χ4n) is 7.52. The first-order valence-electron chi connectivity index (χ1n) is 17.8. The molecule has 0 saturated carbocycles. The second-order valence-electron chi connectivity index (χ2n) is 17.4. The summed E-state index contributed by atoms with van der Waals surface area (Å²) < 4.78 is 0. The zero-order valence-corrected chi connectivity index (χ0v) is 32.0. The van der Waals surface area contributed by atoms with E-state index in [-0.39, 0.29) is 16.2 Å². The maximum absolute atomic E-state index is 5.09. The molecule has 0 aromatic rings. The molecule has 4 unspecified atom stereocenters. The van der Waals surface area contributed by atoms with Crippen LogP contribution in [-0.4, -0.2) is 6.21 Å². The van der Waals surface area contributed by atoms with E-state index in [0.717, 1.165) is 18.0 Å². The molecule has 0 fully saturated rings. The van der Waals surface area contributed by atoms with Gasteiger partial charge in [-0.1, -0.05) is 146 Å². The van der Waals surface area contributed by atoms with Gasteiger partial charge in [0.2, 0.25) is 0 Å². The molecule has 0 amide bonds. The Morgan fingerprint density at radius 3 is 2.14 bits per heavy atom. The van der Waals surface area contributed by atoms with Gasteiger partial charge in [0.05, 0.1) is 0 Å². The maximum atomic E-state index is 5.09. The Kier molecular flexibility index (Phi) is 12.8. The molecule has 0 aromatic heterocycles. The summed E-state index contributed by atoms with van der Waals surface area (Å²) >= 11 is 0. The summed E-state index contributed by atoms with van der Waals surface area (Å²) in [6, 6.07) is 0. The number of allylic oxidation sites excluding steroid dienone is 10. The van der Waals surface area contributed by atoms with Crippen LogP contribution in [-0.2, 0) is 0 Å². The van der Waals surface area contributed by atoms with E-state index < -0.39 is 0 Å². The Morgan fingerprint density at radius 2 is 1.61 bits per heavy atom. The lowest BCUT2D eigenvalue weighted by Crippen LogP contribution is -2.33. The number of hydrogen-bond donors (Lipinski definition) is 0. The molecule has 2 rings (SSSR count). The van der Waals surface area contributed by atoms with Crippen LogP contribution < -0.4 is 0 Å². The Hall–Kier alpha value is -1.89. The van der Waals surface area contributed by atoms with Crippen molar-refractivity contribution in [2.24, 2.45) is 62.2 Å². The average molecular weight is 602 g/mol. The topological polar surface area (TPSA) is 12.4 Å². The van der Waals surface area contributed by atoms with Gasteiger partial charge < -0.3 is 0 Å². The number of rotatable bonds is 13. The van der Waals surface area contributed by atoms with E-state index in [2.05, 4.69) is 160 Å². The minimum absolute atomic E-state index is 0.00130. The van der Waals surface area contributed by atoms with Gasteiger partial charge in [0.1, 0.15) is 0 Å². The molecule has 0 aliphatic heterocycles. The molecule has 1 nitrogen and oxygen atoms in total. The van der Waals surface area contributed by atoms with Crippen LogP contribution in [0.25, 0.3) is 0 Å². The molecule has 5 atom stereocenters. The lowest BCUT2D eigenvalue weighted by atomic mass is 9.62. The van der Waals surface area contributed by atoms with Crippen LogP contribution >= 0.6 is 0 Å². The van der Waals surface area contributed by atoms with E-state index in [1.54, 1.807) is 5.57 Å². The van der Waals surface area contributed by atoms with Crippen molar-refractivity contribution in [3.63, 3.8) is 0 Å². The summed E-state index contributed by atoms with van der Waals surface area (Å²) in [5.41, 5.74) is 6.59. The van der Waals surface area contributed by atoms with E-state index in [1.165, 1.54) is 36.0 Å². The molecular formula is C43H71N. The Morgan fingerprint density at radius 1 is 1.00 bits per heavy atom. The summed E-state index contributed by atoms with van der Waals surface area (Å²) in [6.07, 6.45) is 21.5. The highest BCUT2D eigenvalue weighted by Gasteiger charge is 2.38. The first kappa shape index (κ1) is 38.3. The normalized spacial score (nSPS) is 24.0. The summed E-state index contributed by atoms with van der Waals surface area (Å²) in [5.74, 6) is 3.88. The van der Waals surface area contributed by atoms with Crippen LogP contribution in [0.15, 0.2) is 76.0 Å². The van der Waals surface area contributed by atoms with Crippen LogP contribution in [0.1, 0.15) is 136 Å². The van der Waals surface area contributed by atoms with Crippen LogP contribution in [0.4, 0.5) is 0 Å². The fourth-order valence-corrected chi connectivity index (χ4v) is 7.52. The highest BCUT2D eigenvalue weighted by Crippen LogP contribution is 2.48. The average Bonchev–Trinajstić information content (AvgIpc) is 3.09. The molecule has 0 aromatic carbocycles. The van der Waals surface area contributed by atoms with Crippen LogP contribution in [0.3, 0.4) is 0 Å². The van der Waals surface area contributed by atoms with E-state index in [4.69, 9.17) is 4.99 Å². The van der Waals surface area contributed by atoms with Crippen molar-refractivity contribution >= 4 is 6.21 Å². The van der Waals surface area contributed by atoms with E-state index in [1.807, 2.05) is 0 Å². The Bertz CT molecular complexity index is 1190. The zero-order valence-electron chi connectivity index (χ0n) is 32.0. The van der Waals surface area contributed by atoms with Crippen molar-refractivity contribution in [2.75, 3.05) is 0 Å². The molecule has 44 heavy (non-hydrogen) atoms. The Labute approximate surface area is 275 Å². The number of aliphatic imine (C=N–C) groups is 1. The van der Waals surface area contributed by atoms with Crippen LogP contribution in [0.2, 0.25) is 0 Å². The lowest BCUT2D eigenvalue weighted by Gasteiger charge is -2.42. The van der Waals surface area contributed by atoms with E-state index in [9.17, 15) is 0 Å². The predicted molar refractivity (Wildman–Crippen MR) is 199 cm³/mol. The van der Waals surface area contributed by atoms with Gasteiger partial charge in [0.25, 0.3) is 0 Å². The highest BCUT2D eigenvalue weighted by atomic mass is 14.8. The molecule has 2 aliphatic rings. The monoisotopic (exact) mass is 602 g/mol. The van der Waals surface area contributed by atoms with Gasteiger partial charge in [-0.2, -0.15) is 0 Å². The standard InChI is InChI=1S/C43H71N/c1-18-30(5)36-20-22-38(27-40(10,11)26-36)42(14,15)34(9)44-28-37(19-2)43(16,17)39-23-21-35(24-31(39)6)33(8)32(7)25-41(12,13)29(3)4/h19-20,22,24,26-30,32-33,35,39H,9,18,21,23,25H2,1-8,10-17H3/b37-19+,44-28?/t30?,32-,33?,35?,39?/m0/s1. The van der Waals surface area contributed by atoms with Gasteiger partial charge in [-0.05, 0) is 103 Å². The molecule has 0 radical (unpaired) electrons. The molecule has 2 aliphatic carbocycles. The maximum Gasteiger partial charge on any atom is 0.0432 e. The van der Waals surface area contributed by atoms with Crippen molar-refractivity contribution in [2.45, 2.75) is 136 Å². The lowest BCUT2D eigenvalue weighted by molar-refractivity contribution is 0.141. The third kappa shape index (κ3) is 9.10. The summed E-state index contributed by atoms with van der Waals surface area (Å²) in [6.45, 7) is 42.3. The molecular weight excluding hydrogens is 530 g/mol. The third-order valence-corrected chi connectivity index (χ3v) is 12.2. The first-order valence-corrected chi connectivity index (χ1v) is 17.8. The molecule has 0 heterocycles. The minimum atomic E-state index is -0.267. The van der Waals surface area contributed by atoms with Crippen molar-refractivity contribution in [1.29, 1.82) is 0 Å². The fraction of sp³-hybridized carbons (Fsp3) is 0.698. The van der Waals surface area contributed by atoms with E-state index in [0.29, 0.717) is 35.0 Å². The predicted octanol–water partition coefficient (Wildman–Crippen LogP) is 13.4. The second-order valence-corrected chi connectivity index (χ2v) is 17.4. The van der Waals surface area contributed by atoms with Gasteiger partial charge in [-0.15, -0.1) is 0 Å². The Balaban J connectivity index is 2.24. The SMILES string of the molecule is C=C(N=C/C(=C\C)C(C)(C)C1CCC(C(C)[C@@H](C)CC(C)(C)C(C)C)C=C1C)C(C)(C)C1=CC(C)(C)C=C(C(C)CC)C=C1. The van der Waals surface area contributed by atoms with E-state index >= 15 is 0 Å². The minimum Gasteiger partial charge on any atom is -0.261 e. The summed E-state index contributed by atoms with van der Waals surface area (Å²) in [4.78, 5) is 5.09. The quantitative estimate of drug-likeness (QED) is 0.147. The molecule has 248 valence electrons. The summed E-state index contributed by atoms with van der Waals surface area (Å²) in [5, 5.41) is 0. The van der Waals surface area contributed by atoms with Crippen molar-refractivity contribution in [3.8, 4) is 0 Å². The van der Waals surface area contributed by atoms with Crippen LogP contribution in [0, 0.1) is 57.2 Å². The van der Waals surface area contributed by atoms with Crippen LogP contribution in [0.5, 0.6) is 0 Å². The van der Waals surface area contributed by atoms with Gasteiger partial charge in [0.15, 0.2) is 0 Å². The smallest absolute Gasteiger partial charge is 0.0432 e. The molecule has 0 bridgehead atoms. The summed E-state index contributed by atoms with van der Waals surface area (Å²) in [7, 11) is 0. The second kappa shape index (κ2) is 14.7. The zero-order chi connectivity index (χ0) is 33.8. The van der Waals surface area contributed by atoms with Gasteiger partial charge in [-0.25, -0.2) is 0 Å². The van der Waals surface area contributed by atoms with Crippen molar-refractivity contribution in [1.82, 2.24) is 0 Å². The van der Waals surface area contributed by atoms with Gasteiger partial charge >= 0.3 is 0 Å². The number of hydrogen-bond acceptors (Lipinski definition) is 1. The van der Waals surface area contributed by atoms with Crippen molar-refractivity contribution < 1.29 is 0 Å². The molecule has 1 heteroatoms. The van der Waals surface area contributed by atoms with Gasteiger partial charge in [-0.3, -0.25) is 4.99 Å².